The molecule has 116 valence electrons. The quantitative estimate of drug-likeness (QED) is 0.879. The molecule has 22 heavy (non-hydrogen) atoms. The summed E-state index contributed by atoms with van der Waals surface area (Å²) in [6, 6.07) is 7.20. The first kappa shape index (κ1) is 14.8. The van der Waals surface area contributed by atoms with Crippen molar-refractivity contribution in [2.75, 3.05) is 6.61 Å². The van der Waals surface area contributed by atoms with Gasteiger partial charge in [0.1, 0.15) is 11.7 Å². The number of benzene rings is 1. The van der Waals surface area contributed by atoms with Crippen LogP contribution in [0.1, 0.15) is 30.9 Å². The van der Waals surface area contributed by atoms with Crippen molar-refractivity contribution in [3.05, 3.63) is 45.8 Å². The number of hydrogen-bond acceptors (Lipinski definition) is 4. The van der Waals surface area contributed by atoms with Crippen molar-refractivity contribution in [3.63, 3.8) is 0 Å². The minimum atomic E-state index is -0.405. The van der Waals surface area contributed by atoms with E-state index in [0.29, 0.717) is 18.7 Å². The van der Waals surface area contributed by atoms with Crippen LogP contribution in [0.3, 0.4) is 0 Å². The van der Waals surface area contributed by atoms with E-state index in [2.05, 4.69) is 12.2 Å². The summed E-state index contributed by atoms with van der Waals surface area (Å²) in [7, 11) is 0. The van der Waals surface area contributed by atoms with Crippen molar-refractivity contribution in [2.24, 2.45) is 0 Å². The molecular formula is C17H19NO4. The van der Waals surface area contributed by atoms with Crippen molar-refractivity contribution < 1.29 is 13.9 Å². The van der Waals surface area contributed by atoms with E-state index >= 15 is 0 Å². The van der Waals surface area contributed by atoms with E-state index in [1.165, 1.54) is 6.07 Å². The van der Waals surface area contributed by atoms with Gasteiger partial charge in [-0.2, -0.15) is 0 Å². The van der Waals surface area contributed by atoms with Gasteiger partial charge >= 0.3 is 5.63 Å². The minimum absolute atomic E-state index is 0.120. The SMILES string of the molecule is CCc1ccc2oc(=O)cc(CNC(=O)C3CCCO3)c2c1. The number of carbonyl (C=O) groups is 1. The van der Waals surface area contributed by atoms with Crippen molar-refractivity contribution in [1.82, 2.24) is 5.32 Å². The van der Waals surface area contributed by atoms with Crippen molar-refractivity contribution in [2.45, 2.75) is 38.8 Å². The van der Waals surface area contributed by atoms with Crippen LogP contribution in [0.2, 0.25) is 0 Å². The second-order valence-corrected chi connectivity index (χ2v) is 5.49. The van der Waals surface area contributed by atoms with Crippen LogP contribution in [-0.4, -0.2) is 18.6 Å². The van der Waals surface area contributed by atoms with E-state index in [0.717, 1.165) is 35.8 Å². The van der Waals surface area contributed by atoms with E-state index in [1.54, 1.807) is 6.07 Å². The molecule has 1 unspecified atom stereocenters. The molecule has 5 heteroatoms. The van der Waals surface area contributed by atoms with E-state index in [-0.39, 0.29) is 12.0 Å². The average Bonchev–Trinajstić information content (AvgIpc) is 3.06. The zero-order valence-electron chi connectivity index (χ0n) is 12.6. The van der Waals surface area contributed by atoms with Gasteiger partial charge < -0.3 is 14.5 Å². The van der Waals surface area contributed by atoms with Gasteiger partial charge in [-0.1, -0.05) is 13.0 Å². The molecule has 1 fully saturated rings. The third-order valence-electron chi connectivity index (χ3n) is 3.98. The predicted octanol–water partition coefficient (Wildman–Crippen LogP) is 2.15. The number of ether oxygens (including phenoxy) is 1. The third kappa shape index (κ3) is 3.04. The standard InChI is InChI=1S/C17H19NO4/c1-2-11-5-6-14-13(8-11)12(9-16(19)22-14)10-18-17(20)15-4-3-7-21-15/h5-6,8-9,15H,2-4,7,10H2,1H3,(H,18,20). The maximum absolute atomic E-state index is 12.0. The van der Waals surface area contributed by atoms with Gasteiger partial charge in [0.25, 0.3) is 0 Å². The summed E-state index contributed by atoms with van der Waals surface area (Å²) in [6.07, 6.45) is 2.20. The van der Waals surface area contributed by atoms with E-state index < -0.39 is 5.63 Å². The maximum atomic E-state index is 12.0. The molecule has 0 bridgehead atoms. The summed E-state index contributed by atoms with van der Waals surface area (Å²) >= 11 is 0. The largest absolute Gasteiger partial charge is 0.423 e. The average molecular weight is 301 g/mol. The molecule has 1 aliphatic heterocycles. The first-order valence-electron chi connectivity index (χ1n) is 7.62. The van der Waals surface area contributed by atoms with E-state index in [4.69, 9.17) is 9.15 Å². The molecule has 3 rings (SSSR count). The molecule has 1 aliphatic rings. The highest BCUT2D eigenvalue weighted by atomic mass is 16.5. The van der Waals surface area contributed by atoms with Gasteiger partial charge in [0.2, 0.25) is 5.91 Å². The zero-order chi connectivity index (χ0) is 15.5. The van der Waals surface area contributed by atoms with Gasteiger partial charge in [0.05, 0.1) is 0 Å². The monoisotopic (exact) mass is 301 g/mol. The van der Waals surface area contributed by atoms with Crippen LogP contribution >= 0.6 is 0 Å². The second-order valence-electron chi connectivity index (χ2n) is 5.49. The summed E-state index contributed by atoms with van der Waals surface area (Å²) in [5.74, 6) is -0.120. The Labute approximate surface area is 128 Å². The number of rotatable bonds is 4. The third-order valence-corrected chi connectivity index (χ3v) is 3.98. The van der Waals surface area contributed by atoms with Crippen molar-refractivity contribution >= 4 is 16.9 Å². The number of aryl methyl sites for hydroxylation is 1. The summed E-state index contributed by atoms with van der Waals surface area (Å²) in [6.45, 7) is 3.00. The Morgan fingerprint density at radius 3 is 2.95 bits per heavy atom. The highest BCUT2D eigenvalue weighted by Crippen LogP contribution is 2.19. The fraction of sp³-hybridized carbons (Fsp3) is 0.412. The lowest BCUT2D eigenvalue weighted by atomic mass is 10.1. The molecular weight excluding hydrogens is 282 g/mol. The van der Waals surface area contributed by atoms with Crippen LogP contribution in [0.25, 0.3) is 11.0 Å². The molecule has 5 nitrogen and oxygen atoms in total. The van der Waals surface area contributed by atoms with Gasteiger partial charge in [0.15, 0.2) is 0 Å². The van der Waals surface area contributed by atoms with Gasteiger partial charge in [-0.25, -0.2) is 4.79 Å². The van der Waals surface area contributed by atoms with Gasteiger partial charge in [-0.15, -0.1) is 0 Å². The summed E-state index contributed by atoms with van der Waals surface area (Å²) < 4.78 is 10.6. The van der Waals surface area contributed by atoms with E-state index in [1.807, 2.05) is 12.1 Å². The molecule has 0 spiro atoms. The Morgan fingerprint density at radius 1 is 1.36 bits per heavy atom. The molecule has 0 saturated carbocycles. The lowest BCUT2D eigenvalue weighted by molar-refractivity contribution is -0.130. The lowest BCUT2D eigenvalue weighted by Gasteiger charge is -2.11. The molecule has 1 saturated heterocycles. The minimum Gasteiger partial charge on any atom is -0.423 e. The summed E-state index contributed by atoms with van der Waals surface area (Å²) in [5, 5.41) is 3.72. The van der Waals surface area contributed by atoms with Crippen molar-refractivity contribution in [3.8, 4) is 0 Å². The number of fused-ring (bicyclic) bond motifs is 1. The molecule has 1 atom stereocenters. The predicted molar refractivity (Wildman–Crippen MR) is 82.7 cm³/mol. The first-order chi connectivity index (χ1) is 10.7. The fourth-order valence-corrected chi connectivity index (χ4v) is 2.72. The highest BCUT2D eigenvalue weighted by molar-refractivity contribution is 5.83. The normalized spacial score (nSPS) is 17.8. The van der Waals surface area contributed by atoms with Crippen LogP contribution in [-0.2, 0) is 22.5 Å². The molecule has 0 radical (unpaired) electrons. The smallest absolute Gasteiger partial charge is 0.336 e. The topological polar surface area (TPSA) is 68.5 Å². The molecule has 2 heterocycles. The lowest BCUT2D eigenvalue weighted by Crippen LogP contribution is -2.33. The Hall–Kier alpha value is -2.14. The fourth-order valence-electron chi connectivity index (χ4n) is 2.72. The van der Waals surface area contributed by atoms with Crippen LogP contribution in [0.4, 0.5) is 0 Å². The number of hydrogen-bond donors (Lipinski definition) is 1. The Morgan fingerprint density at radius 2 is 2.23 bits per heavy atom. The molecule has 1 amide bonds. The maximum Gasteiger partial charge on any atom is 0.336 e. The van der Waals surface area contributed by atoms with Crippen LogP contribution in [0.5, 0.6) is 0 Å². The molecule has 1 aromatic carbocycles. The highest BCUT2D eigenvalue weighted by Gasteiger charge is 2.23. The van der Waals surface area contributed by atoms with Gasteiger partial charge in [-0.05, 0) is 42.5 Å². The molecule has 2 aromatic rings. The number of carbonyl (C=O) groups excluding carboxylic acids is 1. The summed E-state index contributed by atoms with van der Waals surface area (Å²) in [4.78, 5) is 23.7. The Bertz CT molecular complexity index is 744. The second kappa shape index (κ2) is 6.32. The van der Waals surface area contributed by atoms with Gasteiger partial charge in [0, 0.05) is 24.6 Å². The Balaban J connectivity index is 1.85. The molecule has 1 aromatic heterocycles. The Kier molecular flexibility index (Phi) is 4.24. The zero-order valence-corrected chi connectivity index (χ0v) is 12.6. The number of amides is 1. The van der Waals surface area contributed by atoms with Crippen LogP contribution in [0.15, 0.2) is 33.5 Å². The van der Waals surface area contributed by atoms with Crippen LogP contribution in [0, 0.1) is 0 Å². The molecule has 0 aliphatic carbocycles. The first-order valence-corrected chi connectivity index (χ1v) is 7.62. The number of nitrogens with one attached hydrogen (secondary N) is 1. The summed E-state index contributed by atoms with van der Waals surface area (Å²) in [5.41, 5.74) is 2.07. The molecule has 1 N–H and O–H groups in total. The van der Waals surface area contributed by atoms with Crippen LogP contribution < -0.4 is 10.9 Å². The van der Waals surface area contributed by atoms with Crippen molar-refractivity contribution in [1.29, 1.82) is 0 Å². The van der Waals surface area contributed by atoms with Gasteiger partial charge in [-0.3, -0.25) is 4.79 Å². The van der Waals surface area contributed by atoms with E-state index in [9.17, 15) is 9.59 Å².